The number of rotatable bonds is 7. The van der Waals surface area contributed by atoms with Crippen molar-refractivity contribution in [2.45, 2.75) is 39.3 Å². The Hall–Kier alpha value is -3.98. The highest BCUT2D eigenvalue weighted by Gasteiger charge is 2.23. The van der Waals surface area contributed by atoms with Crippen LogP contribution in [0.2, 0.25) is 5.02 Å². The number of ether oxygens (including phenoxy) is 1. The largest absolute Gasteiger partial charge is 0.548 e. The first-order valence-corrected chi connectivity index (χ1v) is 11.1. The van der Waals surface area contributed by atoms with Gasteiger partial charge in [-0.2, -0.15) is 0 Å². The fourth-order valence-corrected chi connectivity index (χ4v) is 4.02. The molecule has 9 nitrogen and oxygen atoms in total. The summed E-state index contributed by atoms with van der Waals surface area (Å²) in [5.74, 6) is -2.05. The summed E-state index contributed by atoms with van der Waals surface area (Å²) in [5.41, 5.74) is 2.24. The van der Waals surface area contributed by atoms with Gasteiger partial charge in [-0.3, -0.25) is 4.79 Å². The van der Waals surface area contributed by atoms with Gasteiger partial charge < -0.3 is 34.5 Å². The molecule has 0 aliphatic heterocycles. The molecule has 0 fully saturated rings. The molecule has 2 aromatic carbocycles. The van der Waals surface area contributed by atoms with Crippen LogP contribution in [0.15, 0.2) is 45.7 Å². The van der Waals surface area contributed by atoms with Gasteiger partial charge in [0, 0.05) is 40.5 Å². The number of aromatic nitrogens is 1. The van der Waals surface area contributed by atoms with Crippen molar-refractivity contribution in [3.8, 4) is 11.5 Å². The molecule has 182 valence electrons. The zero-order valence-corrected chi connectivity index (χ0v) is 19.9. The van der Waals surface area contributed by atoms with Gasteiger partial charge in [-0.05, 0) is 56.2 Å². The van der Waals surface area contributed by atoms with Gasteiger partial charge in [0.1, 0.15) is 17.1 Å². The van der Waals surface area contributed by atoms with Crippen molar-refractivity contribution in [3.05, 3.63) is 68.7 Å². The Morgan fingerprint density at radius 2 is 1.94 bits per heavy atom. The number of carboxylic acids is 1. The average molecular weight is 498 g/mol. The van der Waals surface area contributed by atoms with Crippen molar-refractivity contribution in [2.75, 3.05) is 0 Å². The number of hydrogen-bond acceptors (Lipinski definition) is 7. The molecule has 4 rings (SSSR count). The molecular formula is C25H22ClN2O7-. The van der Waals surface area contributed by atoms with Gasteiger partial charge in [0.15, 0.2) is 6.10 Å². The number of aliphatic carboxylic acids is 1. The van der Waals surface area contributed by atoms with Crippen molar-refractivity contribution in [1.29, 1.82) is 0 Å². The van der Waals surface area contributed by atoms with Gasteiger partial charge in [0.2, 0.25) is 0 Å². The molecule has 35 heavy (non-hydrogen) atoms. The number of benzene rings is 2. The number of amides is 1. The number of halogens is 1. The molecule has 0 unspecified atom stereocenters. The third kappa shape index (κ3) is 4.81. The van der Waals surface area contributed by atoms with Crippen LogP contribution in [0.3, 0.4) is 0 Å². The topological polar surface area (TPSA) is 145 Å². The summed E-state index contributed by atoms with van der Waals surface area (Å²) in [4.78, 5) is 39.5. The van der Waals surface area contributed by atoms with E-state index in [4.69, 9.17) is 20.8 Å². The Labute approximate surface area is 204 Å². The summed E-state index contributed by atoms with van der Waals surface area (Å²) in [5, 5.41) is 25.4. The van der Waals surface area contributed by atoms with Gasteiger partial charge in [0.25, 0.3) is 5.91 Å². The molecule has 2 heterocycles. The van der Waals surface area contributed by atoms with E-state index in [0.29, 0.717) is 27.4 Å². The molecule has 10 heteroatoms. The molecule has 4 aromatic rings. The van der Waals surface area contributed by atoms with Crippen molar-refractivity contribution in [1.82, 2.24) is 10.3 Å². The van der Waals surface area contributed by atoms with Crippen LogP contribution in [0.4, 0.5) is 0 Å². The molecule has 2 atom stereocenters. The average Bonchev–Trinajstić information content (AvgIpc) is 3.20. The number of aromatic hydroxyl groups is 1. The van der Waals surface area contributed by atoms with E-state index in [2.05, 4.69) is 10.3 Å². The quantitative estimate of drug-likeness (QED) is 0.332. The zero-order valence-electron chi connectivity index (χ0n) is 19.1. The number of aryl methyl sites for hydroxylation is 1. The number of carbonyl (C=O) groups is 2. The van der Waals surface area contributed by atoms with Gasteiger partial charge in [0.05, 0.1) is 17.0 Å². The minimum Gasteiger partial charge on any atom is -0.548 e. The monoisotopic (exact) mass is 497 g/mol. The Kier molecular flexibility index (Phi) is 6.45. The summed E-state index contributed by atoms with van der Waals surface area (Å²) in [6.07, 6.45) is 0.403. The van der Waals surface area contributed by atoms with Gasteiger partial charge in [-0.1, -0.05) is 11.6 Å². The fraction of sp³-hybridized carbons (Fsp3) is 0.240. The molecule has 0 aliphatic rings. The van der Waals surface area contributed by atoms with Crippen LogP contribution in [0.5, 0.6) is 11.5 Å². The first-order valence-electron chi connectivity index (χ1n) is 10.8. The first-order chi connectivity index (χ1) is 16.5. The highest BCUT2D eigenvalue weighted by Crippen LogP contribution is 2.32. The summed E-state index contributed by atoms with van der Waals surface area (Å²) in [6.45, 7) is 4.86. The maximum atomic E-state index is 12.7. The van der Waals surface area contributed by atoms with Crippen molar-refractivity contribution in [3.63, 3.8) is 0 Å². The second kappa shape index (κ2) is 9.34. The Bertz CT molecular complexity index is 1520. The second-order valence-corrected chi connectivity index (χ2v) is 8.71. The van der Waals surface area contributed by atoms with Crippen LogP contribution in [-0.4, -0.2) is 34.1 Å². The molecule has 0 saturated heterocycles. The predicted octanol–water partition coefficient (Wildman–Crippen LogP) is 2.49. The molecule has 0 aliphatic carbocycles. The molecule has 1 amide bonds. The number of carbonyl (C=O) groups excluding carboxylic acids is 2. The fourth-order valence-electron chi connectivity index (χ4n) is 3.82. The summed E-state index contributed by atoms with van der Waals surface area (Å²) in [7, 11) is 0. The van der Waals surface area contributed by atoms with Crippen LogP contribution in [0.1, 0.15) is 23.6 Å². The Balaban J connectivity index is 1.52. The number of hydrogen-bond donors (Lipinski definition) is 3. The highest BCUT2D eigenvalue weighted by atomic mass is 35.5. The maximum absolute atomic E-state index is 12.7. The highest BCUT2D eigenvalue weighted by molar-refractivity contribution is 6.32. The normalized spacial score (nSPS) is 13.0. The molecule has 0 saturated carbocycles. The van der Waals surface area contributed by atoms with E-state index in [9.17, 15) is 24.6 Å². The van der Waals surface area contributed by atoms with Crippen LogP contribution in [0, 0.1) is 13.8 Å². The van der Waals surface area contributed by atoms with E-state index < -0.39 is 29.6 Å². The van der Waals surface area contributed by atoms with Crippen LogP contribution in [-0.2, 0) is 16.0 Å². The van der Waals surface area contributed by atoms with Crippen LogP contribution < -0.4 is 20.8 Å². The molecule has 0 spiro atoms. The Morgan fingerprint density at radius 3 is 2.66 bits per heavy atom. The molecule has 3 N–H and O–H groups in total. The lowest BCUT2D eigenvalue weighted by Gasteiger charge is -2.22. The lowest BCUT2D eigenvalue weighted by molar-refractivity contribution is -0.308. The van der Waals surface area contributed by atoms with Crippen LogP contribution in [0.25, 0.3) is 21.9 Å². The number of H-pyrrole nitrogens is 1. The van der Waals surface area contributed by atoms with E-state index in [1.165, 1.54) is 25.1 Å². The van der Waals surface area contributed by atoms with Crippen molar-refractivity contribution >= 4 is 45.3 Å². The molecule has 2 aromatic heterocycles. The minimum absolute atomic E-state index is 0.0304. The summed E-state index contributed by atoms with van der Waals surface area (Å²) >= 11 is 6.33. The minimum atomic E-state index is -1.48. The SMILES string of the molecule is Cc1c(C)c2cc(Cl)c(O[C@@H](C)C(=O)N[C@@H](Cc3c[nH]c4ccc(O)cc34)C(=O)[O-])cc2oc1=O. The second-order valence-electron chi connectivity index (χ2n) is 8.31. The zero-order chi connectivity index (χ0) is 25.4. The van der Waals surface area contributed by atoms with E-state index in [1.807, 2.05) is 0 Å². The number of fused-ring (bicyclic) bond motifs is 2. The molecule has 0 radical (unpaired) electrons. The van der Waals surface area contributed by atoms with E-state index >= 15 is 0 Å². The van der Waals surface area contributed by atoms with Gasteiger partial charge in [-0.15, -0.1) is 0 Å². The third-order valence-corrected chi connectivity index (χ3v) is 6.25. The molecular weight excluding hydrogens is 476 g/mol. The Morgan fingerprint density at radius 1 is 1.20 bits per heavy atom. The standard InChI is InChI=1S/C25H23ClN2O7/c1-11-12(2)25(33)35-21-9-22(18(26)8-16(11)21)34-13(3)23(30)28-20(24(31)32)6-14-10-27-19-5-4-15(29)7-17(14)19/h4-5,7-10,13,20,27,29H,6H2,1-3H3,(H,28,30)(H,31,32)/p-1/t13-,20-/m0/s1. The van der Waals surface area contributed by atoms with Gasteiger partial charge >= 0.3 is 5.63 Å². The number of aromatic amines is 1. The van der Waals surface area contributed by atoms with Crippen molar-refractivity contribution < 1.29 is 29.0 Å². The van der Waals surface area contributed by atoms with E-state index in [0.717, 1.165) is 5.56 Å². The van der Waals surface area contributed by atoms with Gasteiger partial charge in [-0.25, -0.2) is 4.79 Å². The van der Waals surface area contributed by atoms with Crippen molar-refractivity contribution in [2.24, 2.45) is 0 Å². The predicted molar refractivity (Wildman–Crippen MR) is 128 cm³/mol. The third-order valence-electron chi connectivity index (χ3n) is 5.96. The number of carboxylic acid groups (broad SMARTS) is 1. The first kappa shape index (κ1) is 24.2. The summed E-state index contributed by atoms with van der Waals surface area (Å²) in [6, 6.07) is 6.32. The maximum Gasteiger partial charge on any atom is 0.339 e. The summed E-state index contributed by atoms with van der Waals surface area (Å²) < 4.78 is 11.0. The van der Waals surface area contributed by atoms with Crippen LogP contribution >= 0.6 is 11.6 Å². The lowest BCUT2D eigenvalue weighted by Crippen LogP contribution is -2.52. The lowest BCUT2D eigenvalue weighted by atomic mass is 10.0. The number of nitrogens with one attached hydrogen (secondary N) is 2. The number of phenols is 1. The number of phenolic OH excluding ortho intramolecular Hbond substituents is 1. The molecule has 0 bridgehead atoms. The smallest absolute Gasteiger partial charge is 0.339 e. The van der Waals surface area contributed by atoms with E-state index in [1.54, 1.807) is 32.2 Å². The van der Waals surface area contributed by atoms with E-state index in [-0.39, 0.29) is 28.5 Å².